The monoisotopic (exact) mass is 373 g/mol. The fourth-order valence-electron chi connectivity index (χ4n) is 3.62. The molecule has 0 N–H and O–H groups in total. The summed E-state index contributed by atoms with van der Waals surface area (Å²) in [7, 11) is -3.22. The highest BCUT2D eigenvalue weighted by Crippen LogP contribution is 2.63. The molecule has 2 aromatic rings. The van der Waals surface area contributed by atoms with Crippen LogP contribution in [0.3, 0.4) is 0 Å². The quantitative estimate of drug-likeness (QED) is 0.419. The van der Waals surface area contributed by atoms with Gasteiger partial charge in [0.05, 0.1) is 0 Å². The summed E-state index contributed by atoms with van der Waals surface area (Å²) in [6.45, 7) is 2.87. The van der Waals surface area contributed by atoms with Crippen LogP contribution in [0.5, 0.6) is 0 Å². The summed E-state index contributed by atoms with van der Waals surface area (Å²) < 4.78 is 18.3. The molecule has 0 aliphatic carbocycles. The van der Waals surface area contributed by atoms with Crippen LogP contribution in [-0.4, -0.2) is 30.2 Å². The van der Waals surface area contributed by atoms with E-state index in [4.69, 9.17) is 0 Å². The van der Waals surface area contributed by atoms with E-state index in [1.54, 1.807) is 0 Å². The number of hydrogen-bond acceptors (Lipinski definition) is 3. The molecule has 138 valence electrons. The van der Waals surface area contributed by atoms with Crippen LogP contribution in [0.15, 0.2) is 60.7 Å². The molecule has 1 saturated heterocycles. The molecule has 1 heterocycles. The van der Waals surface area contributed by atoms with Crippen molar-refractivity contribution in [1.29, 1.82) is 0 Å². The van der Waals surface area contributed by atoms with Gasteiger partial charge in [-0.05, 0) is 37.1 Å². The molecule has 26 heavy (non-hydrogen) atoms. The Morgan fingerprint density at radius 2 is 1.46 bits per heavy atom. The average Bonchev–Trinajstić information content (AvgIpc) is 2.67. The van der Waals surface area contributed by atoms with Gasteiger partial charge in [-0.1, -0.05) is 43.3 Å². The van der Waals surface area contributed by atoms with Gasteiger partial charge in [0.1, 0.15) is 5.66 Å². The van der Waals surface area contributed by atoms with Crippen molar-refractivity contribution in [2.45, 2.75) is 25.4 Å². The van der Waals surface area contributed by atoms with Crippen LogP contribution in [0.2, 0.25) is 0 Å². The maximum atomic E-state index is 14.5. The Bertz CT molecular complexity index is 734. The van der Waals surface area contributed by atoms with E-state index in [1.807, 2.05) is 76.9 Å². The lowest BCUT2D eigenvalue weighted by molar-refractivity contribution is -0.479. The van der Waals surface area contributed by atoms with Gasteiger partial charge < -0.3 is 9.34 Å². The molecule has 0 aromatic heterocycles. The van der Waals surface area contributed by atoms with Crippen molar-refractivity contribution in [3.8, 4) is 0 Å². The van der Waals surface area contributed by atoms with E-state index in [-0.39, 0.29) is 11.5 Å². The van der Waals surface area contributed by atoms with Gasteiger partial charge in [-0.2, -0.15) is 0 Å². The molecule has 0 amide bonds. The van der Waals surface area contributed by atoms with E-state index < -0.39 is 13.1 Å². The predicted molar refractivity (Wildman–Crippen MR) is 106 cm³/mol. The molecule has 1 fully saturated rings. The van der Waals surface area contributed by atoms with Crippen LogP contribution in [0, 0.1) is 10.1 Å². The van der Waals surface area contributed by atoms with Gasteiger partial charge in [0, 0.05) is 29.4 Å². The summed E-state index contributed by atoms with van der Waals surface area (Å²) in [4.78, 5) is 10.9. The van der Waals surface area contributed by atoms with Crippen molar-refractivity contribution in [2.75, 3.05) is 29.0 Å². The molecular weight excluding hydrogens is 349 g/mol. The first kappa shape index (κ1) is 18.5. The first-order valence-electron chi connectivity index (χ1n) is 8.95. The zero-order valence-electron chi connectivity index (χ0n) is 14.9. The topological polar surface area (TPSA) is 66.7 Å². The van der Waals surface area contributed by atoms with E-state index in [1.165, 1.54) is 0 Å². The van der Waals surface area contributed by atoms with Gasteiger partial charge >= 0.3 is 0 Å². The lowest BCUT2D eigenvalue weighted by Crippen LogP contribution is -2.45. The Hall–Kier alpha value is -2.33. The molecule has 0 bridgehead atoms. The molecule has 0 radical (unpaired) electrons. The third-order valence-corrected chi connectivity index (χ3v) is 8.57. The normalized spacial score (nSPS) is 17.7. The maximum absolute atomic E-state index is 14.5. The van der Waals surface area contributed by atoms with Gasteiger partial charge in [0.15, 0.2) is 0 Å². The predicted octanol–water partition coefficient (Wildman–Crippen LogP) is 4.65. The summed E-state index contributed by atoms with van der Waals surface area (Å²) in [6.07, 6.45) is 1.34. The SMILES string of the molecule is CCC(C[N+](=O)[O-])P1(=O)N(c2ccccc2)CCCN1c1ccccc1. The molecule has 7 heteroatoms. The zero-order valence-corrected chi connectivity index (χ0v) is 15.8. The van der Waals surface area contributed by atoms with Crippen LogP contribution in [-0.2, 0) is 4.57 Å². The van der Waals surface area contributed by atoms with Crippen LogP contribution in [0.4, 0.5) is 11.4 Å². The number of nitrogens with zero attached hydrogens (tertiary/aromatic N) is 3. The molecule has 3 rings (SSSR count). The molecular formula is C19H24N3O3P. The second kappa shape index (κ2) is 7.92. The van der Waals surface area contributed by atoms with Crippen LogP contribution >= 0.6 is 7.44 Å². The van der Waals surface area contributed by atoms with Crippen LogP contribution in [0.25, 0.3) is 0 Å². The summed E-state index contributed by atoms with van der Waals surface area (Å²) in [5.74, 6) is 0. The minimum atomic E-state index is -3.22. The standard InChI is InChI=1S/C19H24N3O3P/c1-2-19(16-22(23)24)26(25)20(17-10-5-3-6-11-17)14-9-15-21(26)18-12-7-4-8-13-18/h3-8,10-13,19H,2,9,14-16H2,1H3. The van der Waals surface area contributed by atoms with Crippen molar-refractivity contribution in [3.05, 3.63) is 70.8 Å². The van der Waals surface area contributed by atoms with Crippen LogP contribution < -0.4 is 9.34 Å². The van der Waals surface area contributed by atoms with E-state index >= 15 is 0 Å². The van der Waals surface area contributed by atoms with Gasteiger partial charge in [-0.15, -0.1) is 0 Å². The summed E-state index contributed by atoms with van der Waals surface area (Å²) in [5.41, 5.74) is 1.19. The third-order valence-electron chi connectivity index (χ3n) is 4.85. The molecule has 1 atom stereocenters. The highest BCUT2D eigenvalue weighted by atomic mass is 31.2. The second-order valence-corrected chi connectivity index (χ2v) is 9.31. The van der Waals surface area contributed by atoms with Gasteiger partial charge in [-0.3, -0.25) is 14.7 Å². The number of benzene rings is 2. The zero-order chi connectivity index (χ0) is 18.6. The highest BCUT2D eigenvalue weighted by Gasteiger charge is 2.48. The number of rotatable bonds is 6. The molecule has 1 aliphatic heterocycles. The van der Waals surface area contributed by atoms with E-state index in [2.05, 4.69) is 0 Å². The fraction of sp³-hybridized carbons (Fsp3) is 0.368. The Balaban J connectivity index is 2.12. The fourth-order valence-corrected chi connectivity index (χ4v) is 7.27. The van der Waals surface area contributed by atoms with E-state index in [0.717, 1.165) is 17.8 Å². The lowest BCUT2D eigenvalue weighted by Gasteiger charge is -2.48. The Morgan fingerprint density at radius 3 is 1.85 bits per heavy atom. The van der Waals surface area contributed by atoms with Crippen molar-refractivity contribution in [3.63, 3.8) is 0 Å². The van der Waals surface area contributed by atoms with E-state index in [9.17, 15) is 14.7 Å². The number of hydrogen-bond donors (Lipinski definition) is 0. The maximum Gasteiger partial charge on any atom is 0.272 e. The van der Waals surface area contributed by atoms with Crippen LogP contribution in [0.1, 0.15) is 19.8 Å². The minimum absolute atomic E-state index is 0.291. The smallest absolute Gasteiger partial charge is 0.272 e. The first-order chi connectivity index (χ1) is 12.6. The second-order valence-electron chi connectivity index (χ2n) is 6.44. The number of anilines is 2. The van der Waals surface area contributed by atoms with Crippen molar-refractivity contribution >= 4 is 18.8 Å². The Kier molecular flexibility index (Phi) is 5.62. The summed E-state index contributed by atoms with van der Waals surface area (Å²) in [5, 5.41) is 11.3. The third kappa shape index (κ3) is 3.47. The number of nitro groups is 1. The molecule has 2 aromatic carbocycles. The summed E-state index contributed by atoms with van der Waals surface area (Å²) >= 11 is 0. The van der Waals surface area contributed by atoms with Gasteiger partial charge in [0.25, 0.3) is 7.44 Å². The van der Waals surface area contributed by atoms with Crippen molar-refractivity contribution in [1.82, 2.24) is 0 Å². The molecule has 0 saturated carbocycles. The summed E-state index contributed by atoms with van der Waals surface area (Å²) in [6, 6.07) is 19.2. The molecule has 6 nitrogen and oxygen atoms in total. The van der Waals surface area contributed by atoms with Crippen molar-refractivity contribution < 1.29 is 9.49 Å². The van der Waals surface area contributed by atoms with Crippen molar-refractivity contribution in [2.24, 2.45) is 0 Å². The molecule has 0 spiro atoms. The van der Waals surface area contributed by atoms with Gasteiger partial charge in [0.2, 0.25) is 6.54 Å². The Morgan fingerprint density at radius 1 is 1.00 bits per heavy atom. The molecule has 1 unspecified atom stereocenters. The first-order valence-corrected chi connectivity index (χ1v) is 10.6. The molecule has 1 aliphatic rings. The average molecular weight is 373 g/mol. The van der Waals surface area contributed by atoms with E-state index in [0.29, 0.717) is 19.5 Å². The van der Waals surface area contributed by atoms with Gasteiger partial charge in [-0.25, -0.2) is 0 Å². The lowest BCUT2D eigenvalue weighted by atomic mass is 10.3. The Labute approximate surface area is 154 Å². The number of para-hydroxylation sites is 2. The largest absolute Gasteiger partial charge is 0.306 e. The highest BCUT2D eigenvalue weighted by molar-refractivity contribution is 7.68. The minimum Gasteiger partial charge on any atom is -0.306 e.